The number of rotatable bonds is 3. The first-order valence-corrected chi connectivity index (χ1v) is 8.00. The maximum absolute atomic E-state index is 5.71. The van der Waals surface area contributed by atoms with E-state index in [9.17, 15) is 0 Å². The van der Waals surface area contributed by atoms with Gasteiger partial charge in [0.15, 0.2) is 5.65 Å². The van der Waals surface area contributed by atoms with Crippen LogP contribution in [0.25, 0.3) is 11.0 Å². The fourth-order valence-corrected chi connectivity index (χ4v) is 2.79. The summed E-state index contributed by atoms with van der Waals surface area (Å²) in [4.78, 5) is 15.3. The summed E-state index contributed by atoms with van der Waals surface area (Å²) in [5.74, 6) is 0.961. The molecule has 0 atom stereocenters. The van der Waals surface area contributed by atoms with Crippen molar-refractivity contribution in [2.45, 2.75) is 0 Å². The van der Waals surface area contributed by atoms with Gasteiger partial charge in [-0.3, -0.25) is 0 Å². The van der Waals surface area contributed by atoms with Crippen molar-refractivity contribution >= 4 is 34.2 Å². The van der Waals surface area contributed by atoms with E-state index in [-0.39, 0.29) is 0 Å². The lowest BCUT2D eigenvalue weighted by Gasteiger charge is -2.29. The normalized spacial score (nSPS) is 14.8. The van der Waals surface area contributed by atoms with Crippen LogP contribution in [0, 0.1) is 0 Å². The van der Waals surface area contributed by atoms with E-state index in [2.05, 4.69) is 42.6 Å². The Morgan fingerprint density at radius 2 is 1.79 bits per heavy atom. The number of anilines is 4. The van der Waals surface area contributed by atoms with Crippen molar-refractivity contribution in [1.29, 1.82) is 0 Å². The van der Waals surface area contributed by atoms with Gasteiger partial charge in [0.1, 0.15) is 5.82 Å². The molecule has 3 aromatic rings. The Morgan fingerprint density at radius 3 is 2.58 bits per heavy atom. The molecule has 4 rings (SSSR count). The van der Waals surface area contributed by atoms with Crippen LogP contribution in [0.1, 0.15) is 0 Å². The molecule has 2 aromatic heterocycles. The minimum atomic E-state index is 0.451. The molecule has 1 aliphatic rings. The zero-order valence-corrected chi connectivity index (χ0v) is 13.2. The number of aromatic nitrogens is 3. The SMILES string of the molecule is Nc1ccc2cnc(Nc3ccc(N4CCNCC4)cc3)nc2n1. The van der Waals surface area contributed by atoms with Gasteiger partial charge in [0.05, 0.1) is 0 Å². The number of fused-ring (bicyclic) bond motifs is 1. The van der Waals surface area contributed by atoms with E-state index in [1.54, 1.807) is 12.3 Å². The Hall–Kier alpha value is -2.93. The number of piperazine rings is 1. The maximum atomic E-state index is 5.71. The number of nitrogens with two attached hydrogens (primary N) is 1. The summed E-state index contributed by atoms with van der Waals surface area (Å²) in [6.07, 6.45) is 1.74. The summed E-state index contributed by atoms with van der Waals surface area (Å²) in [6, 6.07) is 11.9. The van der Waals surface area contributed by atoms with Crippen molar-refractivity contribution in [3.05, 3.63) is 42.6 Å². The van der Waals surface area contributed by atoms with Crippen LogP contribution in [0.2, 0.25) is 0 Å². The number of nitrogen functional groups attached to an aromatic ring is 1. The van der Waals surface area contributed by atoms with Crippen LogP contribution in [0.15, 0.2) is 42.6 Å². The summed E-state index contributed by atoms with van der Waals surface area (Å²) in [6.45, 7) is 4.13. The van der Waals surface area contributed by atoms with Crippen molar-refractivity contribution in [1.82, 2.24) is 20.3 Å². The van der Waals surface area contributed by atoms with E-state index in [0.717, 1.165) is 37.3 Å². The van der Waals surface area contributed by atoms with E-state index in [0.29, 0.717) is 17.4 Å². The van der Waals surface area contributed by atoms with Gasteiger partial charge in [-0.2, -0.15) is 4.98 Å². The van der Waals surface area contributed by atoms with Crippen LogP contribution in [0.4, 0.5) is 23.1 Å². The minimum absolute atomic E-state index is 0.451. The second kappa shape index (κ2) is 6.29. The van der Waals surface area contributed by atoms with Crippen molar-refractivity contribution in [2.75, 3.05) is 42.1 Å². The van der Waals surface area contributed by atoms with E-state index in [1.807, 2.05) is 18.2 Å². The highest BCUT2D eigenvalue weighted by atomic mass is 15.2. The molecule has 0 saturated carbocycles. The summed E-state index contributed by atoms with van der Waals surface area (Å²) in [7, 11) is 0. The highest BCUT2D eigenvalue weighted by molar-refractivity contribution is 5.76. The average Bonchev–Trinajstić information content (AvgIpc) is 2.63. The van der Waals surface area contributed by atoms with Crippen LogP contribution in [0.3, 0.4) is 0 Å². The maximum Gasteiger partial charge on any atom is 0.229 e. The standard InChI is InChI=1S/C17H19N7/c18-15-6-1-12-11-20-17(23-16(12)22-15)21-13-2-4-14(5-3-13)24-9-7-19-8-10-24/h1-6,11,19H,7-10H2,(H3,18,20,21,22,23). The Kier molecular flexibility index (Phi) is 3.84. The molecule has 1 fully saturated rings. The smallest absolute Gasteiger partial charge is 0.229 e. The largest absolute Gasteiger partial charge is 0.384 e. The molecule has 1 saturated heterocycles. The molecule has 0 spiro atoms. The molecule has 7 nitrogen and oxygen atoms in total. The molecule has 0 amide bonds. The third-order valence-electron chi connectivity index (χ3n) is 4.07. The van der Waals surface area contributed by atoms with Gasteiger partial charge in [0.25, 0.3) is 0 Å². The molecule has 7 heteroatoms. The summed E-state index contributed by atoms with van der Waals surface area (Å²) >= 11 is 0. The topological polar surface area (TPSA) is 92.0 Å². The lowest BCUT2D eigenvalue weighted by atomic mass is 10.2. The molecule has 122 valence electrons. The van der Waals surface area contributed by atoms with Gasteiger partial charge >= 0.3 is 0 Å². The van der Waals surface area contributed by atoms with Crippen LogP contribution in [0.5, 0.6) is 0 Å². The average molecular weight is 321 g/mol. The Bertz CT molecular complexity index is 841. The minimum Gasteiger partial charge on any atom is -0.384 e. The van der Waals surface area contributed by atoms with Gasteiger partial charge in [-0.1, -0.05) is 0 Å². The third-order valence-corrected chi connectivity index (χ3v) is 4.07. The van der Waals surface area contributed by atoms with Gasteiger partial charge in [-0.05, 0) is 36.4 Å². The summed E-state index contributed by atoms with van der Waals surface area (Å²) in [5, 5.41) is 7.44. The molecule has 24 heavy (non-hydrogen) atoms. The molecule has 4 N–H and O–H groups in total. The van der Waals surface area contributed by atoms with Gasteiger partial charge in [-0.15, -0.1) is 0 Å². The predicted molar refractivity (Wildman–Crippen MR) is 96.6 cm³/mol. The number of nitrogens with one attached hydrogen (secondary N) is 2. The second-order valence-electron chi connectivity index (χ2n) is 5.75. The quantitative estimate of drug-likeness (QED) is 0.677. The molecular formula is C17H19N7. The first-order valence-electron chi connectivity index (χ1n) is 8.00. The monoisotopic (exact) mass is 321 g/mol. The van der Waals surface area contributed by atoms with Crippen LogP contribution in [-0.4, -0.2) is 41.1 Å². The molecule has 0 bridgehead atoms. The fraction of sp³-hybridized carbons (Fsp3) is 0.235. The first-order chi connectivity index (χ1) is 11.8. The Labute approximate surface area is 139 Å². The Morgan fingerprint density at radius 1 is 1.00 bits per heavy atom. The molecule has 0 radical (unpaired) electrons. The van der Waals surface area contributed by atoms with E-state index >= 15 is 0 Å². The molecule has 1 aromatic carbocycles. The van der Waals surface area contributed by atoms with Crippen molar-refractivity contribution in [3.63, 3.8) is 0 Å². The van der Waals surface area contributed by atoms with E-state index in [1.165, 1.54) is 5.69 Å². The van der Waals surface area contributed by atoms with Gasteiger partial charge in [0.2, 0.25) is 5.95 Å². The van der Waals surface area contributed by atoms with Gasteiger partial charge < -0.3 is 21.3 Å². The highest BCUT2D eigenvalue weighted by Gasteiger charge is 2.10. The lowest BCUT2D eigenvalue weighted by molar-refractivity contribution is 0.589. The van der Waals surface area contributed by atoms with Gasteiger partial charge in [-0.25, -0.2) is 9.97 Å². The van der Waals surface area contributed by atoms with E-state index in [4.69, 9.17) is 5.73 Å². The second-order valence-corrected chi connectivity index (χ2v) is 5.75. The molecule has 3 heterocycles. The van der Waals surface area contributed by atoms with Crippen molar-refractivity contribution in [2.24, 2.45) is 0 Å². The molecule has 0 aliphatic carbocycles. The molecule has 1 aliphatic heterocycles. The van der Waals surface area contributed by atoms with Crippen molar-refractivity contribution < 1.29 is 0 Å². The zero-order valence-electron chi connectivity index (χ0n) is 13.2. The predicted octanol–water partition coefficient (Wildman–Crippen LogP) is 1.76. The Balaban J connectivity index is 1.52. The summed E-state index contributed by atoms with van der Waals surface area (Å²) < 4.78 is 0. The number of hydrogen-bond donors (Lipinski definition) is 3. The fourth-order valence-electron chi connectivity index (χ4n) is 2.79. The van der Waals surface area contributed by atoms with Crippen LogP contribution in [-0.2, 0) is 0 Å². The number of pyridine rings is 1. The number of benzene rings is 1. The van der Waals surface area contributed by atoms with Crippen molar-refractivity contribution in [3.8, 4) is 0 Å². The van der Waals surface area contributed by atoms with Gasteiger partial charge in [0, 0.05) is 49.1 Å². The van der Waals surface area contributed by atoms with Crippen LogP contribution < -0.4 is 21.3 Å². The first kappa shape index (κ1) is 14.6. The molecule has 0 unspecified atom stereocenters. The lowest BCUT2D eigenvalue weighted by Crippen LogP contribution is -2.43. The van der Waals surface area contributed by atoms with E-state index < -0.39 is 0 Å². The number of hydrogen-bond acceptors (Lipinski definition) is 7. The summed E-state index contributed by atoms with van der Waals surface area (Å²) in [5.41, 5.74) is 8.48. The zero-order chi connectivity index (χ0) is 16.4. The molecular weight excluding hydrogens is 302 g/mol. The number of nitrogens with zero attached hydrogens (tertiary/aromatic N) is 4. The highest BCUT2D eigenvalue weighted by Crippen LogP contribution is 2.21. The third kappa shape index (κ3) is 3.07. The van der Waals surface area contributed by atoms with Crippen LogP contribution >= 0.6 is 0 Å².